The zero-order valence-electron chi connectivity index (χ0n) is 12.0. The molecular formula is C18H22N2. The van der Waals surface area contributed by atoms with Gasteiger partial charge in [-0.3, -0.25) is 0 Å². The van der Waals surface area contributed by atoms with E-state index in [2.05, 4.69) is 59.5 Å². The molecule has 1 saturated heterocycles. The summed E-state index contributed by atoms with van der Waals surface area (Å²) in [5.74, 6) is 0.657. The zero-order chi connectivity index (χ0) is 13.9. The third-order valence-electron chi connectivity index (χ3n) is 4.24. The maximum atomic E-state index is 5.90. The van der Waals surface area contributed by atoms with E-state index >= 15 is 0 Å². The highest BCUT2D eigenvalue weighted by Crippen LogP contribution is 2.30. The fraction of sp³-hybridized carbons (Fsp3) is 0.333. The molecular weight excluding hydrogens is 244 g/mol. The molecule has 1 aliphatic rings. The van der Waals surface area contributed by atoms with Crippen LogP contribution in [-0.2, 0) is 0 Å². The number of hydrogen-bond donors (Lipinski definition) is 1. The number of benzene rings is 2. The van der Waals surface area contributed by atoms with Gasteiger partial charge in [0.2, 0.25) is 0 Å². The van der Waals surface area contributed by atoms with E-state index in [1.807, 2.05) is 6.92 Å². The molecule has 1 aliphatic heterocycles. The minimum absolute atomic E-state index is 0.111. The van der Waals surface area contributed by atoms with E-state index in [4.69, 9.17) is 5.73 Å². The zero-order valence-corrected chi connectivity index (χ0v) is 12.0. The molecule has 2 aromatic carbocycles. The van der Waals surface area contributed by atoms with E-state index in [1.165, 1.54) is 23.2 Å². The molecule has 3 rings (SSSR count). The molecule has 2 atom stereocenters. The molecule has 2 aromatic rings. The minimum Gasteiger partial charge on any atom is -0.371 e. The van der Waals surface area contributed by atoms with Gasteiger partial charge in [0.05, 0.1) is 0 Å². The lowest BCUT2D eigenvalue weighted by Gasteiger charge is -2.19. The molecule has 0 radical (unpaired) electrons. The number of nitrogens with zero attached hydrogens (tertiary/aromatic N) is 1. The highest BCUT2D eigenvalue weighted by atomic mass is 15.1. The van der Waals surface area contributed by atoms with Crippen LogP contribution < -0.4 is 10.6 Å². The molecule has 0 spiro atoms. The number of nitrogens with two attached hydrogens (primary N) is 1. The van der Waals surface area contributed by atoms with E-state index in [0.717, 1.165) is 13.1 Å². The molecule has 20 heavy (non-hydrogen) atoms. The first-order chi connectivity index (χ1) is 9.74. The molecule has 0 saturated carbocycles. The minimum atomic E-state index is 0.111. The molecule has 2 heteroatoms. The van der Waals surface area contributed by atoms with Crippen LogP contribution in [0.3, 0.4) is 0 Å². The fourth-order valence-electron chi connectivity index (χ4n) is 2.98. The lowest BCUT2D eigenvalue weighted by molar-refractivity contribution is 0.775. The number of rotatable bonds is 3. The Morgan fingerprint density at radius 1 is 1.05 bits per heavy atom. The maximum absolute atomic E-state index is 5.90. The van der Waals surface area contributed by atoms with Gasteiger partial charge >= 0.3 is 0 Å². The predicted molar refractivity (Wildman–Crippen MR) is 85.1 cm³/mol. The van der Waals surface area contributed by atoms with Gasteiger partial charge in [0.1, 0.15) is 0 Å². The average molecular weight is 266 g/mol. The maximum Gasteiger partial charge on any atom is 0.0366 e. The van der Waals surface area contributed by atoms with Crippen LogP contribution in [0.2, 0.25) is 0 Å². The molecule has 2 N–H and O–H groups in total. The monoisotopic (exact) mass is 266 g/mol. The molecule has 1 unspecified atom stereocenters. The van der Waals surface area contributed by atoms with Crippen molar-refractivity contribution >= 4 is 5.69 Å². The highest BCUT2D eigenvalue weighted by Gasteiger charge is 2.23. The lowest BCUT2D eigenvalue weighted by Crippen LogP contribution is -2.19. The van der Waals surface area contributed by atoms with Crippen molar-refractivity contribution in [2.24, 2.45) is 5.73 Å². The second-order valence-electron chi connectivity index (χ2n) is 5.72. The first-order valence-electron chi connectivity index (χ1n) is 7.39. The normalized spacial score (nSPS) is 20.1. The average Bonchev–Trinajstić information content (AvgIpc) is 2.98. The summed E-state index contributed by atoms with van der Waals surface area (Å²) in [6.07, 6.45) is 1.24. The van der Waals surface area contributed by atoms with Crippen LogP contribution in [-0.4, -0.2) is 13.1 Å². The van der Waals surface area contributed by atoms with E-state index in [0.29, 0.717) is 5.92 Å². The first kappa shape index (κ1) is 13.2. The van der Waals surface area contributed by atoms with Crippen LogP contribution in [0.15, 0.2) is 54.6 Å². The molecule has 0 bridgehead atoms. The Morgan fingerprint density at radius 3 is 2.40 bits per heavy atom. The molecule has 0 amide bonds. The van der Waals surface area contributed by atoms with Crippen LogP contribution in [0.1, 0.15) is 36.4 Å². The largest absolute Gasteiger partial charge is 0.371 e. The smallest absolute Gasteiger partial charge is 0.0366 e. The first-order valence-corrected chi connectivity index (χ1v) is 7.39. The summed E-state index contributed by atoms with van der Waals surface area (Å²) in [5.41, 5.74) is 9.88. The van der Waals surface area contributed by atoms with Crippen molar-refractivity contribution in [1.82, 2.24) is 0 Å². The Labute approximate surface area is 121 Å². The van der Waals surface area contributed by atoms with E-state index in [-0.39, 0.29) is 6.04 Å². The molecule has 104 valence electrons. The Balaban J connectivity index is 1.71. The Kier molecular flexibility index (Phi) is 3.75. The third-order valence-corrected chi connectivity index (χ3v) is 4.24. The van der Waals surface area contributed by atoms with Gasteiger partial charge in [-0.1, -0.05) is 42.5 Å². The van der Waals surface area contributed by atoms with Crippen molar-refractivity contribution < 1.29 is 0 Å². The van der Waals surface area contributed by atoms with Gasteiger partial charge in [-0.25, -0.2) is 0 Å². The highest BCUT2D eigenvalue weighted by molar-refractivity contribution is 5.49. The van der Waals surface area contributed by atoms with Gasteiger partial charge in [0, 0.05) is 30.7 Å². The van der Waals surface area contributed by atoms with Gasteiger partial charge in [0.25, 0.3) is 0 Å². The van der Waals surface area contributed by atoms with Crippen LogP contribution in [0, 0.1) is 0 Å². The van der Waals surface area contributed by atoms with Crippen LogP contribution in [0.4, 0.5) is 5.69 Å². The Morgan fingerprint density at radius 2 is 1.75 bits per heavy atom. The number of anilines is 1. The van der Waals surface area contributed by atoms with Gasteiger partial charge in [-0.05, 0) is 36.6 Å². The SMILES string of the molecule is C[C@@H](N)c1ccc(N2CCC(c3ccccc3)C2)cc1. The summed E-state index contributed by atoms with van der Waals surface area (Å²) in [4.78, 5) is 2.47. The summed E-state index contributed by atoms with van der Waals surface area (Å²) in [7, 11) is 0. The second-order valence-corrected chi connectivity index (χ2v) is 5.72. The standard InChI is InChI=1S/C18H22N2/c1-14(19)15-7-9-18(10-8-15)20-12-11-17(13-20)16-5-3-2-4-6-16/h2-10,14,17H,11-13,19H2,1H3/t14-,17?/m1/s1. The summed E-state index contributed by atoms with van der Waals surface area (Å²) >= 11 is 0. The topological polar surface area (TPSA) is 29.3 Å². The summed E-state index contributed by atoms with van der Waals surface area (Å²) in [5, 5.41) is 0. The summed E-state index contributed by atoms with van der Waals surface area (Å²) in [6.45, 7) is 4.27. The molecule has 2 nitrogen and oxygen atoms in total. The second kappa shape index (κ2) is 5.68. The van der Waals surface area contributed by atoms with Crippen LogP contribution >= 0.6 is 0 Å². The Bertz CT molecular complexity index is 545. The predicted octanol–water partition coefficient (Wildman–Crippen LogP) is 3.70. The Hall–Kier alpha value is -1.80. The third kappa shape index (κ3) is 2.70. The quantitative estimate of drug-likeness (QED) is 0.918. The van der Waals surface area contributed by atoms with Crippen molar-refractivity contribution in [3.63, 3.8) is 0 Å². The van der Waals surface area contributed by atoms with Gasteiger partial charge in [-0.15, -0.1) is 0 Å². The van der Waals surface area contributed by atoms with Gasteiger partial charge in [0.15, 0.2) is 0 Å². The summed E-state index contributed by atoms with van der Waals surface area (Å²) in [6, 6.07) is 19.7. The van der Waals surface area contributed by atoms with Crippen molar-refractivity contribution in [3.8, 4) is 0 Å². The molecule has 0 aromatic heterocycles. The van der Waals surface area contributed by atoms with Crippen molar-refractivity contribution in [3.05, 3.63) is 65.7 Å². The van der Waals surface area contributed by atoms with Crippen LogP contribution in [0.25, 0.3) is 0 Å². The van der Waals surface area contributed by atoms with Crippen molar-refractivity contribution in [1.29, 1.82) is 0 Å². The fourth-order valence-corrected chi connectivity index (χ4v) is 2.98. The van der Waals surface area contributed by atoms with Crippen LogP contribution in [0.5, 0.6) is 0 Å². The van der Waals surface area contributed by atoms with Crippen molar-refractivity contribution in [2.45, 2.75) is 25.3 Å². The molecule has 1 fully saturated rings. The van der Waals surface area contributed by atoms with Crippen molar-refractivity contribution in [2.75, 3.05) is 18.0 Å². The molecule has 0 aliphatic carbocycles. The lowest BCUT2D eigenvalue weighted by atomic mass is 9.99. The van der Waals surface area contributed by atoms with E-state index in [1.54, 1.807) is 0 Å². The van der Waals surface area contributed by atoms with Gasteiger partial charge < -0.3 is 10.6 Å². The van der Waals surface area contributed by atoms with E-state index < -0.39 is 0 Å². The molecule has 1 heterocycles. The number of hydrogen-bond acceptors (Lipinski definition) is 2. The van der Waals surface area contributed by atoms with E-state index in [9.17, 15) is 0 Å². The van der Waals surface area contributed by atoms with Gasteiger partial charge in [-0.2, -0.15) is 0 Å². The summed E-state index contributed by atoms with van der Waals surface area (Å²) < 4.78 is 0.